The van der Waals surface area contributed by atoms with Gasteiger partial charge in [-0.2, -0.15) is 0 Å². The monoisotopic (exact) mass is 386 g/mol. The highest BCUT2D eigenvalue weighted by Crippen LogP contribution is 2.21. The smallest absolute Gasteiger partial charge is 0.229 e. The van der Waals surface area contributed by atoms with Crippen molar-refractivity contribution in [2.45, 2.75) is 6.42 Å². The molecule has 0 aliphatic carbocycles. The molecule has 0 aromatic heterocycles. The molecule has 2 rings (SSSR count). The molecule has 2 N–H and O–H groups in total. The van der Waals surface area contributed by atoms with E-state index in [-0.39, 0.29) is 30.3 Å². The van der Waals surface area contributed by atoms with Crippen LogP contribution in [0.1, 0.15) is 6.42 Å². The highest BCUT2D eigenvalue weighted by molar-refractivity contribution is 7.92. The van der Waals surface area contributed by atoms with Gasteiger partial charge in [-0.1, -0.05) is 17.7 Å². The van der Waals surface area contributed by atoms with Gasteiger partial charge in [0.2, 0.25) is 15.9 Å². The molecule has 0 atom stereocenters. The third kappa shape index (κ3) is 6.60. The number of hydrogen-bond acceptors (Lipinski definition) is 4. The maximum atomic E-state index is 13.6. The van der Waals surface area contributed by atoms with Crippen LogP contribution in [-0.2, 0) is 14.8 Å². The number of halogens is 2. The van der Waals surface area contributed by atoms with Crippen molar-refractivity contribution in [3.05, 3.63) is 53.3 Å². The van der Waals surface area contributed by atoms with E-state index in [0.29, 0.717) is 10.8 Å². The molecule has 1 amide bonds. The third-order valence-electron chi connectivity index (χ3n) is 2.94. The number of anilines is 2. The zero-order valence-electron chi connectivity index (χ0n) is 13.3. The number of nitrogens with one attached hydrogen (secondary N) is 2. The predicted molar refractivity (Wildman–Crippen MR) is 95.1 cm³/mol. The molecule has 0 fully saturated rings. The van der Waals surface area contributed by atoms with Gasteiger partial charge in [-0.15, -0.1) is 0 Å². The minimum atomic E-state index is -3.63. The van der Waals surface area contributed by atoms with Crippen LogP contribution in [0.2, 0.25) is 5.02 Å². The molecule has 0 radical (unpaired) electrons. The molecule has 0 unspecified atom stereocenters. The molecule has 0 saturated heterocycles. The van der Waals surface area contributed by atoms with E-state index in [2.05, 4.69) is 5.32 Å². The van der Waals surface area contributed by atoms with Crippen molar-refractivity contribution < 1.29 is 22.3 Å². The molecule has 2 aromatic carbocycles. The van der Waals surface area contributed by atoms with Gasteiger partial charge in [0.1, 0.15) is 11.6 Å². The summed E-state index contributed by atoms with van der Waals surface area (Å²) in [6, 6.07) is 10.4. The second-order valence-corrected chi connectivity index (χ2v) is 7.36. The number of carbonyl (C=O) groups excluding carboxylic acids is 1. The van der Waals surface area contributed by atoms with Gasteiger partial charge in [0.15, 0.2) is 0 Å². The first-order valence-corrected chi connectivity index (χ1v) is 9.45. The Morgan fingerprint density at radius 2 is 2.00 bits per heavy atom. The van der Waals surface area contributed by atoms with Gasteiger partial charge in [0.05, 0.1) is 25.0 Å². The minimum absolute atomic E-state index is 0.0543. The molecule has 0 aliphatic heterocycles. The van der Waals surface area contributed by atoms with Gasteiger partial charge in [0, 0.05) is 10.7 Å². The number of hydrogen-bond donors (Lipinski definition) is 2. The molecule has 6 nitrogen and oxygen atoms in total. The molecule has 2 aromatic rings. The first-order valence-electron chi connectivity index (χ1n) is 7.18. The molecule has 0 heterocycles. The maximum Gasteiger partial charge on any atom is 0.229 e. The molecule has 9 heteroatoms. The fraction of sp³-hybridized carbons (Fsp3) is 0.188. The molecule has 0 spiro atoms. The van der Waals surface area contributed by atoms with Crippen LogP contribution in [0.3, 0.4) is 0 Å². The quantitative estimate of drug-likeness (QED) is 0.765. The van der Waals surface area contributed by atoms with E-state index >= 15 is 0 Å². The highest BCUT2D eigenvalue weighted by Gasteiger charge is 2.10. The van der Waals surface area contributed by atoms with Gasteiger partial charge in [-0.05, 0) is 36.4 Å². The van der Waals surface area contributed by atoms with Gasteiger partial charge < -0.3 is 10.1 Å². The lowest BCUT2D eigenvalue weighted by atomic mass is 10.2. The Bertz CT molecular complexity index is 874. The van der Waals surface area contributed by atoms with Crippen LogP contribution in [-0.4, -0.2) is 27.2 Å². The molecule has 0 saturated carbocycles. The molecule has 25 heavy (non-hydrogen) atoms. The summed E-state index contributed by atoms with van der Waals surface area (Å²) in [5.41, 5.74) is 0.0239. The van der Waals surface area contributed by atoms with Crippen molar-refractivity contribution in [2.75, 3.05) is 22.9 Å². The van der Waals surface area contributed by atoms with E-state index in [1.165, 1.54) is 12.1 Å². The van der Waals surface area contributed by atoms with Crippen molar-refractivity contribution in [3.8, 4) is 5.75 Å². The Labute approximate surface area is 150 Å². The minimum Gasteiger partial charge on any atom is -0.493 e. The van der Waals surface area contributed by atoms with Gasteiger partial charge >= 0.3 is 0 Å². The van der Waals surface area contributed by atoms with Crippen molar-refractivity contribution in [3.63, 3.8) is 0 Å². The average Bonchev–Trinajstić information content (AvgIpc) is 2.49. The summed E-state index contributed by atoms with van der Waals surface area (Å²) in [4.78, 5) is 11.9. The number of sulfonamides is 1. The lowest BCUT2D eigenvalue weighted by Crippen LogP contribution is -2.16. The summed E-state index contributed by atoms with van der Waals surface area (Å²) in [5, 5.41) is 3.07. The van der Waals surface area contributed by atoms with Crippen LogP contribution in [0.5, 0.6) is 5.75 Å². The Morgan fingerprint density at radius 1 is 1.24 bits per heavy atom. The summed E-state index contributed by atoms with van der Waals surface area (Å²) in [7, 11) is -3.63. The largest absolute Gasteiger partial charge is 0.493 e. The van der Waals surface area contributed by atoms with Crippen molar-refractivity contribution in [1.82, 2.24) is 0 Å². The Hall–Kier alpha value is -2.32. The second-order valence-electron chi connectivity index (χ2n) is 5.17. The maximum absolute atomic E-state index is 13.6. The van der Waals surface area contributed by atoms with Crippen LogP contribution < -0.4 is 14.8 Å². The number of carbonyl (C=O) groups is 1. The van der Waals surface area contributed by atoms with Crippen LogP contribution in [0.4, 0.5) is 15.8 Å². The van der Waals surface area contributed by atoms with Crippen LogP contribution in [0.25, 0.3) is 0 Å². The summed E-state index contributed by atoms with van der Waals surface area (Å²) >= 11 is 5.83. The third-order valence-corrected chi connectivity index (χ3v) is 3.77. The lowest BCUT2D eigenvalue weighted by Gasteiger charge is -2.10. The molecule has 0 aliphatic rings. The first kappa shape index (κ1) is 19.0. The standard InChI is InChI=1S/C16H16ClFN2O4S/c1-25(22,23)20-15-10-12(5-6-14(15)18)19-16(21)7-8-24-13-4-2-3-11(17)9-13/h2-6,9-10,20H,7-8H2,1H3,(H,19,21). The SMILES string of the molecule is CS(=O)(=O)Nc1cc(NC(=O)CCOc2cccc(Cl)c2)ccc1F. The van der Waals surface area contributed by atoms with Crippen LogP contribution >= 0.6 is 11.6 Å². The van der Waals surface area contributed by atoms with Crippen molar-refractivity contribution >= 4 is 38.9 Å². The molecular formula is C16H16ClFN2O4S. The van der Waals surface area contributed by atoms with E-state index in [4.69, 9.17) is 16.3 Å². The Kier molecular flexibility index (Phi) is 6.22. The van der Waals surface area contributed by atoms with Crippen LogP contribution in [0.15, 0.2) is 42.5 Å². The second kappa shape index (κ2) is 8.17. The van der Waals surface area contributed by atoms with Crippen molar-refractivity contribution in [1.29, 1.82) is 0 Å². The highest BCUT2D eigenvalue weighted by atomic mass is 35.5. The van der Waals surface area contributed by atoms with E-state index < -0.39 is 15.8 Å². The van der Waals surface area contributed by atoms with E-state index in [9.17, 15) is 17.6 Å². The van der Waals surface area contributed by atoms with E-state index in [1.807, 2.05) is 4.72 Å². The van der Waals surface area contributed by atoms with E-state index in [0.717, 1.165) is 12.3 Å². The number of amides is 1. The number of benzene rings is 2. The van der Waals surface area contributed by atoms with Crippen LogP contribution in [0, 0.1) is 5.82 Å². The lowest BCUT2D eigenvalue weighted by molar-refractivity contribution is -0.116. The number of ether oxygens (including phenoxy) is 1. The van der Waals surface area contributed by atoms with Gasteiger partial charge in [-0.3, -0.25) is 9.52 Å². The zero-order chi connectivity index (χ0) is 18.4. The topological polar surface area (TPSA) is 84.5 Å². The normalized spacial score (nSPS) is 11.0. The zero-order valence-corrected chi connectivity index (χ0v) is 14.8. The predicted octanol–water partition coefficient (Wildman–Crippen LogP) is 3.26. The Morgan fingerprint density at radius 3 is 2.68 bits per heavy atom. The summed E-state index contributed by atoms with van der Waals surface area (Å²) in [5.74, 6) is -0.562. The average molecular weight is 387 g/mol. The summed E-state index contributed by atoms with van der Waals surface area (Å²) < 4.78 is 43.4. The van der Waals surface area contributed by atoms with Gasteiger partial charge in [-0.25, -0.2) is 12.8 Å². The first-order chi connectivity index (χ1) is 11.7. The molecule has 134 valence electrons. The van der Waals surface area contributed by atoms with E-state index in [1.54, 1.807) is 24.3 Å². The summed E-state index contributed by atoms with van der Waals surface area (Å²) in [6.07, 6.45) is 0.962. The number of rotatable bonds is 7. The van der Waals surface area contributed by atoms with Crippen molar-refractivity contribution in [2.24, 2.45) is 0 Å². The molecule has 0 bridgehead atoms. The molecular weight excluding hydrogens is 371 g/mol. The fourth-order valence-corrected chi connectivity index (χ4v) is 2.66. The fourth-order valence-electron chi connectivity index (χ4n) is 1.92. The van der Waals surface area contributed by atoms with Gasteiger partial charge in [0.25, 0.3) is 0 Å². The summed E-state index contributed by atoms with van der Waals surface area (Å²) in [6.45, 7) is 0.127. The Balaban J connectivity index is 1.91.